The smallest absolute Gasteiger partial charge is 0.254 e. The highest BCUT2D eigenvalue weighted by Gasteiger charge is 2.25. The summed E-state index contributed by atoms with van der Waals surface area (Å²) < 4.78 is 15.7. The van der Waals surface area contributed by atoms with Gasteiger partial charge in [-0.3, -0.25) is 14.3 Å². The van der Waals surface area contributed by atoms with Crippen LogP contribution in [0.4, 0.5) is 4.39 Å². The Kier molecular flexibility index (Phi) is 6.95. The maximum absolute atomic E-state index is 13.9. The van der Waals surface area contributed by atoms with Gasteiger partial charge in [-0.25, -0.2) is 4.39 Å². The molecule has 7 heteroatoms. The number of nitrogens with one attached hydrogen (secondary N) is 2. The molecule has 2 amide bonds. The molecule has 30 heavy (non-hydrogen) atoms. The monoisotopic (exact) mass is 408 g/mol. The average molecular weight is 408 g/mol. The highest BCUT2D eigenvalue weighted by molar-refractivity contribution is 5.97. The van der Waals surface area contributed by atoms with Gasteiger partial charge in [-0.05, 0) is 35.2 Å². The zero-order chi connectivity index (χ0) is 21.5. The number of halogens is 1. The van der Waals surface area contributed by atoms with Gasteiger partial charge in [-0.1, -0.05) is 50.2 Å². The van der Waals surface area contributed by atoms with Gasteiger partial charge in [0.2, 0.25) is 5.91 Å². The molecule has 0 fully saturated rings. The molecule has 0 saturated carbocycles. The van der Waals surface area contributed by atoms with Crippen LogP contribution in [0.5, 0.6) is 0 Å². The number of amides is 2. The van der Waals surface area contributed by atoms with Crippen LogP contribution in [0.1, 0.15) is 35.3 Å². The predicted molar refractivity (Wildman–Crippen MR) is 112 cm³/mol. The third kappa shape index (κ3) is 5.31. The number of hydrogen-bond acceptors (Lipinski definition) is 3. The first kappa shape index (κ1) is 21.2. The summed E-state index contributed by atoms with van der Waals surface area (Å²) in [6.07, 6.45) is 3.60. The zero-order valence-electron chi connectivity index (χ0n) is 17.0. The van der Waals surface area contributed by atoms with Crippen LogP contribution in [0.25, 0.3) is 0 Å². The summed E-state index contributed by atoms with van der Waals surface area (Å²) in [5.74, 6) is -1.71. The second kappa shape index (κ2) is 9.82. The van der Waals surface area contributed by atoms with Crippen molar-refractivity contribution < 1.29 is 14.0 Å². The van der Waals surface area contributed by atoms with Gasteiger partial charge in [0.25, 0.3) is 5.91 Å². The molecular weight excluding hydrogens is 383 g/mol. The molecular formula is C23H25FN4O2. The Balaban J connectivity index is 1.66. The van der Waals surface area contributed by atoms with Crippen LogP contribution in [0.15, 0.2) is 67.0 Å². The first-order valence-electron chi connectivity index (χ1n) is 9.83. The number of nitrogens with zero attached hydrogens (tertiary/aromatic N) is 2. The van der Waals surface area contributed by atoms with E-state index in [2.05, 4.69) is 15.7 Å². The Labute approximate surface area is 175 Å². The molecule has 6 nitrogen and oxygen atoms in total. The van der Waals surface area contributed by atoms with E-state index >= 15 is 0 Å². The van der Waals surface area contributed by atoms with E-state index in [4.69, 9.17) is 0 Å². The molecule has 1 atom stereocenters. The lowest BCUT2D eigenvalue weighted by molar-refractivity contribution is -0.124. The van der Waals surface area contributed by atoms with E-state index < -0.39 is 17.8 Å². The molecule has 3 rings (SSSR count). The highest BCUT2D eigenvalue weighted by Crippen LogP contribution is 2.12. The molecule has 0 aliphatic carbocycles. The van der Waals surface area contributed by atoms with Crippen molar-refractivity contribution in [2.45, 2.75) is 33.0 Å². The quantitative estimate of drug-likeness (QED) is 0.601. The minimum absolute atomic E-state index is 0.0829. The maximum atomic E-state index is 13.9. The first-order valence-corrected chi connectivity index (χ1v) is 9.83. The molecule has 1 heterocycles. The fraction of sp³-hybridized carbons (Fsp3) is 0.261. The molecule has 156 valence electrons. The summed E-state index contributed by atoms with van der Waals surface area (Å²) in [7, 11) is 0. The molecule has 0 bridgehead atoms. The number of carbonyl (C=O) groups is 2. The summed E-state index contributed by atoms with van der Waals surface area (Å²) in [4.78, 5) is 25.3. The number of aromatic nitrogens is 2. The Morgan fingerprint density at radius 2 is 1.73 bits per heavy atom. The van der Waals surface area contributed by atoms with E-state index in [-0.39, 0.29) is 17.4 Å². The lowest BCUT2D eigenvalue weighted by Gasteiger charge is -2.22. The van der Waals surface area contributed by atoms with Crippen molar-refractivity contribution in [1.82, 2.24) is 20.4 Å². The van der Waals surface area contributed by atoms with Crippen LogP contribution in [-0.4, -0.2) is 27.6 Å². The van der Waals surface area contributed by atoms with E-state index in [1.165, 1.54) is 18.2 Å². The van der Waals surface area contributed by atoms with Crippen LogP contribution in [0, 0.1) is 11.7 Å². The molecule has 2 aromatic carbocycles. The first-order chi connectivity index (χ1) is 14.5. The Morgan fingerprint density at radius 3 is 2.40 bits per heavy atom. The van der Waals surface area contributed by atoms with Crippen molar-refractivity contribution in [1.29, 1.82) is 0 Å². The second-order valence-corrected chi connectivity index (χ2v) is 7.37. The largest absolute Gasteiger partial charge is 0.350 e. The summed E-state index contributed by atoms with van der Waals surface area (Å²) in [5.41, 5.74) is 1.92. The molecule has 0 saturated heterocycles. The van der Waals surface area contributed by atoms with Gasteiger partial charge in [0.1, 0.15) is 11.9 Å². The van der Waals surface area contributed by atoms with Gasteiger partial charge in [0.15, 0.2) is 0 Å². The van der Waals surface area contributed by atoms with Crippen molar-refractivity contribution in [3.05, 3.63) is 89.5 Å². The number of carbonyl (C=O) groups excluding carboxylic acids is 2. The predicted octanol–water partition coefficient (Wildman–Crippen LogP) is 3.14. The third-order valence-corrected chi connectivity index (χ3v) is 4.82. The topological polar surface area (TPSA) is 76.0 Å². The van der Waals surface area contributed by atoms with Crippen molar-refractivity contribution in [2.75, 3.05) is 0 Å². The Hall–Kier alpha value is -3.48. The lowest BCUT2D eigenvalue weighted by atomic mass is 10.0. The van der Waals surface area contributed by atoms with Gasteiger partial charge < -0.3 is 10.6 Å². The SMILES string of the molecule is CC(C)C(NC(=O)c1ccccc1F)C(=O)NCc1ccccc1Cn1cccn1. The minimum Gasteiger partial charge on any atom is -0.350 e. The molecule has 0 radical (unpaired) electrons. The molecule has 3 aromatic rings. The van der Waals surface area contributed by atoms with Crippen LogP contribution in [0.2, 0.25) is 0 Å². The van der Waals surface area contributed by atoms with Crippen LogP contribution in [-0.2, 0) is 17.9 Å². The van der Waals surface area contributed by atoms with Gasteiger partial charge in [0, 0.05) is 18.9 Å². The van der Waals surface area contributed by atoms with E-state index in [0.29, 0.717) is 13.1 Å². The van der Waals surface area contributed by atoms with E-state index in [1.807, 2.05) is 55.1 Å². The molecule has 1 aromatic heterocycles. The van der Waals surface area contributed by atoms with Gasteiger partial charge in [-0.15, -0.1) is 0 Å². The highest BCUT2D eigenvalue weighted by atomic mass is 19.1. The third-order valence-electron chi connectivity index (χ3n) is 4.82. The molecule has 0 aliphatic heterocycles. The summed E-state index contributed by atoms with van der Waals surface area (Å²) in [6, 6.07) is 14.6. The van der Waals surface area contributed by atoms with Crippen molar-refractivity contribution in [2.24, 2.45) is 5.92 Å². The summed E-state index contributed by atoms with van der Waals surface area (Å²) in [6.45, 7) is 4.57. The molecule has 2 N–H and O–H groups in total. The second-order valence-electron chi connectivity index (χ2n) is 7.37. The van der Waals surface area contributed by atoms with Crippen molar-refractivity contribution in [3.8, 4) is 0 Å². The Bertz CT molecular complexity index is 1000. The zero-order valence-corrected chi connectivity index (χ0v) is 17.0. The normalized spacial score (nSPS) is 11.9. The lowest BCUT2D eigenvalue weighted by Crippen LogP contribution is -2.49. The number of hydrogen-bond donors (Lipinski definition) is 2. The fourth-order valence-electron chi connectivity index (χ4n) is 3.14. The number of rotatable bonds is 8. The minimum atomic E-state index is -0.782. The van der Waals surface area contributed by atoms with Crippen LogP contribution >= 0.6 is 0 Å². The van der Waals surface area contributed by atoms with Crippen LogP contribution in [0.3, 0.4) is 0 Å². The standard InChI is InChI=1S/C23H25FN4O2/c1-16(2)21(27-22(29)19-10-5-6-11-20(19)24)23(30)25-14-17-8-3-4-9-18(17)15-28-13-7-12-26-28/h3-13,16,21H,14-15H2,1-2H3,(H,25,30)(H,27,29). The summed E-state index contributed by atoms with van der Waals surface area (Å²) >= 11 is 0. The fourth-order valence-corrected chi connectivity index (χ4v) is 3.14. The van der Waals surface area contributed by atoms with E-state index in [9.17, 15) is 14.0 Å². The summed E-state index contributed by atoms with van der Waals surface area (Å²) in [5, 5.41) is 9.77. The van der Waals surface area contributed by atoms with Crippen LogP contribution < -0.4 is 10.6 Å². The van der Waals surface area contributed by atoms with Gasteiger partial charge >= 0.3 is 0 Å². The van der Waals surface area contributed by atoms with Crippen molar-refractivity contribution in [3.63, 3.8) is 0 Å². The molecule has 0 spiro atoms. The number of benzene rings is 2. The molecule has 0 aliphatic rings. The van der Waals surface area contributed by atoms with E-state index in [0.717, 1.165) is 11.1 Å². The average Bonchev–Trinajstić information content (AvgIpc) is 3.24. The molecule has 1 unspecified atom stereocenters. The van der Waals surface area contributed by atoms with Crippen molar-refractivity contribution >= 4 is 11.8 Å². The van der Waals surface area contributed by atoms with Gasteiger partial charge in [-0.2, -0.15) is 5.10 Å². The Morgan fingerprint density at radius 1 is 1.03 bits per heavy atom. The van der Waals surface area contributed by atoms with E-state index in [1.54, 1.807) is 12.3 Å². The van der Waals surface area contributed by atoms with Gasteiger partial charge in [0.05, 0.1) is 12.1 Å². The maximum Gasteiger partial charge on any atom is 0.254 e.